The highest BCUT2D eigenvalue weighted by atomic mass is 35.5. The van der Waals surface area contributed by atoms with Gasteiger partial charge in [-0.1, -0.05) is 22.8 Å². The first-order valence-electron chi connectivity index (χ1n) is 5.85. The maximum Gasteiger partial charge on any atom is 0.170 e. The fourth-order valence-electron chi connectivity index (χ4n) is 1.76. The first-order valence-corrected chi connectivity index (χ1v) is 6.23. The molecule has 0 fully saturated rings. The van der Waals surface area contributed by atoms with Gasteiger partial charge in [0.15, 0.2) is 5.84 Å². The molecule has 0 spiro atoms. The van der Waals surface area contributed by atoms with Crippen LogP contribution in [0.4, 0.5) is 10.1 Å². The summed E-state index contributed by atoms with van der Waals surface area (Å²) in [6, 6.07) is 11.4. The summed E-state index contributed by atoms with van der Waals surface area (Å²) in [5.74, 6) is -0.578. The Kier molecular flexibility index (Phi) is 4.42. The molecule has 0 aromatic heterocycles. The van der Waals surface area contributed by atoms with Crippen molar-refractivity contribution in [2.24, 2.45) is 10.9 Å². The summed E-state index contributed by atoms with van der Waals surface area (Å²) in [5.41, 5.74) is 7.28. The van der Waals surface area contributed by atoms with Gasteiger partial charge in [-0.05, 0) is 42.0 Å². The normalized spacial score (nSPS) is 11.4. The number of nitrogens with two attached hydrogens (primary N) is 1. The molecule has 0 saturated carbocycles. The first-order chi connectivity index (χ1) is 9.58. The molecule has 20 heavy (non-hydrogen) atoms. The number of oxime groups is 1. The Balaban J connectivity index is 2.15. The fourth-order valence-corrected chi connectivity index (χ4v) is 1.95. The second kappa shape index (κ2) is 6.25. The highest BCUT2D eigenvalue weighted by molar-refractivity contribution is 6.30. The SMILES string of the molecule is N/C(=N/O)c1cc(F)cc(CNc2cccc(Cl)c2)c1. The number of rotatable bonds is 4. The van der Waals surface area contributed by atoms with E-state index in [9.17, 15) is 4.39 Å². The van der Waals surface area contributed by atoms with Gasteiger partial charge < -0.3 is 16.3 Å². The maximum absolute atomic E-state index is 13.5. The Morgan fingerprint density at radius 3 is 2.80 bits per heavy atom. The van der Waals surface area contributed by atoms with E-state index >= 15 is 0 Å². The predicted octanol–water partition coefficient (Wildman–Crippen LogP) is 3.19. The molecular weight excluding hydrogens is 281 g/mol. The fraction of sp³-hybridized carbons (Fsp3) is 0.0714. The Labute approximate surface area is 120 Å². The highest BCUT2D eigenvalue weighted by Gasteiger charge is 2.05. The van der Waals surface area contributed by atoms with E-state index in [2.05, 4.69) is 10.5 Å². The van der Waals surface area contributed by atoms with Crippen LogP contribution in [0.15, 0.2) is 47.6 Å². The van der Waals surface area contributed by atoms with Gasteiger partial charge in [0.25, 0.3) is 0 Å². The molecule has 6 heteroatoms. The van der Waals surface area contributed by atoms with Crippen LogP contribution in [0.5, 0.6) is 0 Å². The van der Waals surface area contributed by atoms with Gasteiger partial charge in [-0.25, -0.2) is 4.39 Å². The Morgan fingerprint density at radius 1 is 1.30 bits per heavy atom. The van der Waals surface area contributed by atoms with Crippen molar-refractivity contribution in [3.8, 4) is 0 Å². The van der Waals surface area contributed by atoms with Crippen LogP contribution in [0.2, 0.25) is 5.02 Å². The first kappa shape index (κ1) is 14.1. The summed E-state index contributed by atoms with van der Waals surface area (Å²) in [4.78, 5) is 0. The average molecular weight is 294 g/mol. The second-order valence-electron chi connectivity index (χ2n) is 4.20. The van der Waals surface area contributed by atoms with Crippen molar-refractivity contribution in [3.63, 3.8) is 0 Å². The van der Waals surface area contributed by atoms with Gasteiger partial charge in [0.1, 0.15) is 5.82 Å². The minimum absolute atomic E-state index is 0.131. The lowest BCUT2D eigenvalue weighted by Crippen LogP contribution is -2.14. The molecular formula is C14H13ClFN3O. The zero-order valence-electron chi connectivity index (χ0n) is 10.5. The number of hydrogen-bond donors (Lipinski definition) is 3. The smallest absolute Gasteiger partial charge is 0.170 e. The van der Waals surface area contributed by atoms with Crippen LogP contribution in [0.1, 0.15) is 11.1 Å². The van der Waals surface area contributed by atoms with E-state index in [4.69, 9.17) is 22.5 Å². The molecule has 104 valence electrons. The van der Waals surface area contributed by atoms with Crippen molar-refractivity contribution in [2.45, 2.75) is 6.54 Å². The molecule has 0 saturated heterocycles. The van der Waals surface area contributed by atoms with Crippen molar-refractivity contribution >= 4 is 23.1 Å². The summed E-state index contributed by atoms with van der Waals surface area (Å²) >= 11 is 5.88. The van der Waals surface area contributed by atoms with Gasteiger partial charge in [-0.3, -0.25) is 0 Å². The van der Waals surface area contributed by atoms with Crippen LogP contribution in [0.3, 0.4) is 0 Å². The number of halogens is 2. The van der Waals surface area contributed by atoms with Crippen LogP contribution in [0.25, 0.3) is 0 Å². The van der Waals surface area contributed by atoms with Gasteiger partial charge in [0.2, 0.25) is 0 Å². The van der Waals surface area contributed by atoms with E-state index in [0.29, 0.717) is 22.7 Å². The van der Waals surface area contributed by atoms with E-state index < -0.39 is 5.82 Å². The van der Waals surface area contributed by atoms with E-state index in [0.717, 1.165) is 5.69 Å². The lowest BCUT2D eigenvalue weighted by molar-refractivity contribution is 0.318. The molecule has 4 nitrogen and oxygen atoms in total. The molecule has 0 heterocycles. The van der Waals surface area contributed by atoms with Crippen molar-refractivity contribution in [1.82, 2.24) is 0 Å². The molecule has 0 atom stereocenters. The third-order valence-corrected chi connectivity index (χ3v) is 2.92. The monoisotopic (exact) mass is 293 g/mol. The molecule has 0 radical (unpaired) electrons. The zero-order chi connectivity index (χ0) is 14.5. The van der Waals surface area contributed by atoms with Gasteiger partial charge in [-0.2, -0.15) is 0 Å². The number of amidine groups is 1. The summed E-state index contributed by atoms with van der Waals surface area (Å²) in [5, 5.41) is 15.2. The quantitative estimate of drug-likeness (QED) is 0.351. The van der Waals surface area contributed by atoms with E-state index in [1.807, 2.05) is 12.1 Å². The van der Waals surface area contributed by atoms with E-state index in [-0.39, 0.29) is 5.84 Å². The largest absolute Gasteiger partial charge is 0.409 e. The van der Waals surface area contributed by atoms with Gasteiger partial charge in [-0.15, -0.1) is 0 Å². The Morgan fingerprint density at radius 2 is 2.10 bits per heavy atom. The molecule has 0 aliphatic carbocycles. The summed E-state index contributed by atoms with van der Waals surface area (Å²) < 4.78 is 13.5. The highest BCUT2D eigenvalue weighted by Crippen LogP contribution is 2.16. The van der Waals surface area contributed by atoms with Crippen molar-refractivity contribution < 1.29 is 9.60 Å². The van der Waals surface area contributed by atoms with Crippen LogP contribution in [-0.2, 0) is 6.54 Å². The third kappa shape index (κ3) is 3.61. The predicted molar refractivity (Wildman–Crippen MR) is 77.7 cm³/mol. The minimum atomic E-state index is -0.447. The van der Waals surface area contributed by atoms with Crippen molar-refractivity contribution in [1.29, 1.82) is 0 Å². The van der Waals surface area contributed by atoms with Crippen molar-refractivity contribution in [2.75, 3.05) is 5.32 Å². The van der Waals surface area contributed by atoms with E-state index in [1.165, 1.54) is 12.1 Å². The molecule has 2 aromatic carbocycles. The van der Waals surface area contributed by atoms with Gasteiger partial charge in [0, 0.05) is 22.8 Å². The molecule has 2 rings (SSSR count). The molecule has 0 bridgehead atoms. The van der Waals surface area contributed by atoms with Crippen molar-refractivity contribution in [3.05, 3.63) is 64.4 Å². The third-order valence-electron chi connectivity index (χ3n) is 2.68. The molecule has 2 aromatic rings. The lowest BCUT2D eigenvalue weighted by atomic mass is 10.1. The summed E-state index contributed by atoms with van der Waals surface area (Å²) in [7, 11) is 0. The van der Waals surface area contributed by atoms with Crippen LogP contribution in [-0.4, -0.2) is 11.0 Å². The van der Waals surface area contributed by atoms with Crippen LogP contribution < -0.4 is 11.1 Å². The lowest BCUT2D eigenvalue weighted by Gasteiger charge is -2.08. The number of benzene rings is 2. The Hall–Kier alpha value is -2.27. The van der Waals surface area contributed by atoms with Gasteiger partial charge in [0.05, 0.1) is 0 Å². The summed E-state index contributed by atoms with van der Waals surface area (Å²) in [6.45, 7) is 0.393. The van der Waals surface area contributed by atoms with E-state index in [1.54, 1.807) is 18.2 Å². The number of nitrogens with zero attached hydrogens (tertiary/aromatic N) is 1. The number of anilines is 1. The number of hydrogen-bond acceptors (Lipinski definition) is 3. The molecule has 0 unspecified atom stereocenters. The second-order valence-corrected chi connectivity index (χ2v) is 4.63. The maximum atomic E-state index is 13.5. The summed E-state index contributed by atoms with van der Waals surface area (Å²) in [6.07, 6.45) is 0. The topological polar surface area (TPSA) is 70.6 Å². The molecule has 0 amide bonds. The standard InChI is InChI=1S/C14H13ClFN3O/c15-11-2-1-3-13(7-11)18-8-9-4-10(14(17)19-20)6-12(16)5-9/h1-7,18,20H,8H2,(H2,17,19). The van der Waals surface area contributed by atoms with Crippen LogP contribution >= 0.6 is 11.6 Å². The molecule has 0 aliphatic heterocycles. The van der Waals surface area contributed by atoms with Crippen LogP contribution in [0, 0.1) is 5.82 Å². The number of nitrogens with one attached hydrogen (secondary N) is 1. The zero-order valence-corrected chi connectivity index (χ0v) is 11.2. The molecule has 0 aliphatic rings. The minimum Gasteiger partial charge on any atom is -0.409 e. The Bertz CT molecular complexity index is 646. The van der Waals surface area contributed by atoms with Gasteiger partial charge >= 0.3 is 0 Å². The molecule has 4 N–H and O–H groups in total. The average Bonchev–Trinajstić information content (AvgIpc) is 2.44.